The largest absolute Gasteiger partial charge is 0.490 e. The highest BCUT2D eigenvalue weighted by molar-refractivity contribution is 7.99. The van der Waals surface area contributed by atoms with E-state index in [0.717, 1.165) is 47.7 Å². The Labute approximate surface area is 125 Å². The second-order valence-corrected chi connectivity index (χ2v) is 6.94. The zero-order valence-electron chi connectivity index (χ0n) is 11.8. The Morgan fingerprint density at radius 1 is 1.10 bits per heavy atom. The molecule has 0 spiro atoms. The molecule has 2 aliphatic rings. The summed E-state index contributed by atoms with van der Waals surface area (Å²) in [6.07, 6.45) is 6.43. The minimum absolute atomic E-state index is 0.0813. The van der Waals surface area contributed by atoms with Crippen molar-refractivity contribution in [3.63, 3.8) is 0 Å². The molecule has 0 bridgehead atoms. The Bertz CT molecular complexity index is 446. The zero-order valence-corrected chi connectivity index (χ0v) is 12.7. The van der Waals surface area contributed by atoms with Crippen molar-refractivity contribution >= 4 is 11.8 Å². The van der Waals surface area contributed by atoms with Crippen LogP contribution in [0.3, 0.4) is 0 Å². The average molecular weight is 293 g/mol. The Balaban J connectivity index is 1.62. The molecule has 0 amide bonds. The second kappa shape index (κ2) is 6.72. The van der Waals surface area contributed by atoms with Gasteiger partial charge in [-0.05, 0) is 30.5 Å². The van der Waals surface area contributed by atoms with E-state index < -0.39 is 0 Å². The van der Waals surface area contributed by atoms with Crippen LogP contribution < -0.4 is 15.2 Å². The van der Waals surface area contributed by atoms with E-state index in [2.05, 4.69) is 12.1 Å². The van der Waals surface area contributed by atoms with Gasteiger partial charge in [0.1, 0.15) is 0 Å². The lowest BCUT2D eigenvalue weighted by molar-refractivity contribution is 0.297. The predicted molar refractivity (Wildman–Crippen MR) is 83.7 cm³/mol. The predicted octanol–water partition coefficient (Wildman–Crippen LogP) is 3.52. The fraction of sp³-hybridized carbons (Fsp3) is 0.625. The second-order valence-electron chi connectivity index (χ2n) is 5.60. The first-order chi connectivity index (χ1) is 9.83. The van der Waals surface area contributed by atoms with E-state index in [1.807, 2.05) is 17.8 Å². The van der Waals surface area contributed by atoms with Crippen molar-refractivity contribution in [2.24, 2.45) is 5.73 Å². The van der Waals surface area contributed by atoms with E-state index in [9.17, 15) is 0 Å². The number of thioether (sulfide) groups is 1. The van der Waals surface area contributed by atoms with Gasteiger partial charge < -0.3 is 15.2 Å². The molecule has 1 fully saturated rings. The van der Waals surface area contributed by atoms with Crippen molar-refractivity contribution in [3.8, 4) is 11.5 Å². The Morgan fingerprint density at radius 2 is 1.85 bits per heavy atom. The Kier molecular flexibility index (Phi) is 4.73. The normalized spacial score (nSPS) is 20.6. The molecule has 1 aliphatic carbocycles. The van der Waals surface area contributed by atoms with Gasteiger partial charge in [0.15, 0.2) is 11.5 Å². The third-order valence-electron chi connectivity index (χ3n) is 4.01. The number of rotatable bonds is 4. The molecule has 1 atom stereocenters. The van der Waals surface area contributed by atoms with Gasteiger partial charge in [-0.2, -0.15) is 11.8 Å². The van der Waals surface area contributed by atoms with Gasteiger partial charge in [0.05, 0.1) is 13.2 Å². The number of fused-ring (bicyclic) bond motifs is 1. The Hall–Kier alpha value is -0.870. The SMILES string of the molecule is NC(CSC1CCCC1)c1ccc2c(c1)OCCCO2. The molecule has 20 heavy (non-hydrogen) atoms. The van der Waals surface area contributed by atoms with Crippen molar-refractivity contribution < 1.29 is 9.47 Å². The van der Waals surface area contributed by atoms with Gasteiger partial charge in [-0.1, -0.05) is 18.9 Å². The molecule has 1 saturated carbocycles. The van der Waals surface area contributed by atoms with E-state index in [1.54, 1.807) is 0 Å². The molecule has 2 N–H and O–H groups in total. The number of hydrogen-bond acceptors (Lipinski definition) is 4. The molecule has 1 aromatic rings. The number of benzene rings is 1. The van der Waals surface area contributed by atoms with Crippen molar-refractivity contribution in [2.75, 3.05) is 19.0 Å². The summed E-state index contributed by atoms with van der Waals surface area (Å²) in [7, 11) is 0. The third kappa shape index (κ3) is 3.41. The van der Waals surface area contributed by atoms with E-state index >= 15 is 0 Å². The molecule has 1 heterocycles. The highest BCUT2D eigenvalue weighted by Crippen LogP contribution is 2.34. The number of hydrogen-bond donors (Lipinski definition) is 1. The molecular weight excluding hydrogens is 270 g/mol. The summed E-state index contributed by atoms with van der Waals surface area (Å²) in [5, 5.41) is 0.821. The Morgan fingerprint density at radius 3 is 2.65 bits per heavy atom. The van der Waals surface area contributed by atoms with Gasteiger partial charge in [0, 0.05) is 23.5 Å². The maximum atomic E-state index is 6.33. The molecular formula is C16H23NO2S. The third-order valence-corrected chi connectivity index (χ3v) is 5.51. The van der Waals surface area contributed by atoms with Crippen LogP contribution in [0, 0.1) is 0 Å². The smallest absolute Gasteiger partial charge is 0.161 e. The summed E-state index contributed by atoms with van der Waals surface area (Å²) in [6, 6.07) is 6.21. The summed E-state index contributed by atoms with van der Waals surface area (Å²) in [4.78, 5) is 0. The van der Waals surface area contributed by atoms with Crippen molar-refractivity contribution in [1.82, 2.24) is 0 Å². The summed E-state index contributed by atoms with van der Waals surface area (Å²) in [6.45, 7) is 1.46. The van der Waals surface area contributed by atoms with Crippen LogP contribution in [0.25, 0.3) is 0 Å². The molecule has 4 heteroatoms. The minimum Gasteiger partial charge on any atom is -0.490 e. The van der Waals surface area contributed by atoms with Gasteiger partial charge in [-0.15, -0.1) is 0 Å². The molecule has 3 nitrogen and oxygen atoms in total. The van der Waals surface area contributed by atoms with Gasteiger partial charge in [0.2, 0.25) is 0 Å². The maximum absolute atomic E-state index is 6.33. The molecule has 1 aromatic carbocycles. The monoisotopic (exact) mass is 293 g/mol. The van der Waals surface area contributed by atoms with Crippen molar-refractivity contribution in [2.45, 2.75) is 43.4 Å². The molecule has 1 unspecified atom stereocenters. The quantitative estimate of drug-likeness (QED) is 0.922. The fourth-order valence-electron chi connectivity index (χ4n) is 2.80. The number of ether oxygens (including phenoxy) is 2. The van der Waals surface area contributed by atoms with E-state index in [4.69, 9.17) is 15.2 Å². The summed E-state index contributed by atoms with van der Waals surface area (Å²) in [5.74, 6) is 2.69. The first-order valence-electron chi connectivity index (χ1n) is 7.59. The van der Waals surface area contributed by atoms with Crippen LogP contribution >= 0.6 is 11.8 Å². The highest BCUT2D eigenvalue weighted by Gasteiger charge is 2.18. The van der Waals surface area contributed by atoms with Crippen LogP contribution in [0.2, 0.25) is 0 Å². The van der Waals surface area contributed by atoms with Crippen LogP contribution in [0.15, 0.2) is 18.2 Å². The standard InChI is InChI=1S/C16H23NO2S/c17-14(11-20-13-4-1-2-5-13)12-6-7-15-16(10-12)19-9-3-8-18-15/h6-7,10,13-14H,1-5,8-9,11,17H2. The van der Waals surface area contributed by atoms with Crippen LogP contribution in [0.5, 0.6) is 11.5 Å². The first kappa shape index (κ1) is 14.1. The lowest BCUT2D eigenvalue weighted by atomic mass is 10.1. The van der Waals surface area contributed by atoms with Crippen LogP contribution in [0.4, 0.5) is 0 Å². The van der Waals surface area contributed by atoms with Gasteiger partial charge in [-0.25, -0.2) is 0 Å². The fourth-order valence-corrected chi connectivity index (χ4v) is 4.14. The van der Waals surface area contributed by atoms with E-state index in [0.29, 0.717) is 0 Å². The van der Waals surface area contributed by atoms with E-state index in [1.165, 1.54) is 25.7 Å². The van der Waals surface area contributed by atoms with Crippen LogP contribution in [-0.4, -0.2) is 24.2 Å². The molecule has 0 radical (unpaired) electrons. The van der Waals surface area contributed by atoms with Crippen molar-refractivity contribution in [1.29, 1.82) is 0 Å². The van der Waals surface area contributed by atoms with Crippen LogP contribution in [0.1, 0.15) is 43.7 Å². The van der Waals surface area contributed by atoms with Gasteiger partial charge in [-0.3, -0.25) is 0 Å². The molecule has 110 valence electrons. The summed E-state index contributed by atoms with van der Waals surface area (Å²) >= 11 is 2.03. The maximum Gasteiger partial charge on any atom is 0.161 e. The number of nitrogens with two attached hydrogens (primary N) is 1. The average Bonchev–Trinajstić information content (AvgIpc) is 2.88. The molecule has 0 saturated heterocycles. The molecule has 1 aliphatic heterocycles. The molecule has 0 aromatic heterocycles. The minimum atomic E-state index is 0.0813. The van der Waals surface area contributed by atoms with Gasteiger partial charge >= 0.3 is 0 Å². The van der Waals surface area contributed by atoms with Crippen molar-refractivity contribution in [3.05, 3.63) is 23.8 Å². The lowest BCUT2D eigenvalue weighted by Crippen LogP contribution is -2.15. The zero-order chi connectivity index (χ0) is 13.8. The topological polar surface area (TPSA) is 44.5 Å². The van der Waals surface area contributed by atoms with E-state index in [-0.39, 0.29) is 6.04 Å². The molecule has 3 rings (SSSR count). The summed E-state index contributed by atoms with van der Waals surface area (Å²) in [5.41, 5.74) is 7.48. The lowest BCUT2D eigenvalue weighted by Gasteiger charge is -2.16. The van der Waals surface area contributed by atoms with Gasteiger partial charge in [0.25, 0.3) is 0 Å². The first-order valence-corrected chi connectivity index (χ1v) is 8.64. The summed E-state index contributed by atoms with van der Waals surface area (Å²) < 4.78 is 11.4. The highest BCUT2D eigenvalue weighted by atomic mass is 32.2. The van der Waals surface area contributed by atoms with Crippen LogP contribution in [-0.2, 0) is 0 Å².